The summed E-state index contributed by atoms with van der Waals surface area (Å²) in [5.41, 5.74) is 2.16. The fraction of sp³-hybridized carbons (Fsp3) is 0.889. The van der Waals surface area contributed by atoms with Gasteiger partial charge >= 0.3 is 5.97 Å². The van der Waals surface area contributed by atoms with E-state index in [0.717, 1.165) is 64.5 Å². The van der Waals surface area contributed by atoms with E-state index in [1.807, 2.05) is 0 Å². The fourth-order valence-electron chi connectivity index (χ4n) is 11.6. The van der Waals surface area contributed by atoms with Crippen molar-refractivity contribution in [2.45, 2.75) is 126 Å². The monoisotopic (exact) mass is 568 g/mol. The summed E-state index contributed by atoms with van der Waals surface area (Å²) >= 11 is 0. The number of rotatable bonds is 5. The Balaban J connectivity index is 1.50. The number of nitrogens with one attached hydrogen (secondary N) is 1. The summed E-state index contributed by atoms with van der Waals surface area (Å²) < 4.78 is 5.93. The Hall–Kier alpha value is -1.36. The van der Waals surface area contributed by atoms with Crippen LogP contribution in [0, 0.1) is 50.2 Å². The number of amides is 1. The van der Waals surface area contributed by atoms with Gasteiger partial charge in [-0.3, -0.25) is 9.59 Å². The van der Waals surface area contributed by atoms with Crippen LogP contribution in [0.1, 0.15) is 120 Å². The summed E-state index contributed by atoms with van der Waals surface area (Å²) in [5.74, 6) is 1.67. The summed E-state index contributed by atoms with van der Waals surface area (Å²) in [6.45, 7) is 20.6. The van der Waals surface area contributed by atoms with Crippen molar-refractivity contribution >= 4 is 11.9 Å². The number of nitrogens with zero attached hydrogens (tertiary/aromatic N) is 1. The third-order valence-electron chi connectivity index (χ3n) is 14.2. The highest BCUT2D eigenvalue weighted by molar-refractivity contribution is 5.84. The Morgan fingerprint density at radius 1 is 0.927 bits per heavy atom. The van der Waals surface area contributed by atoms with Crippen LogP contribution in [0.5, 0.6) is 0 Å². The van der Waals surface area contributed by atoms with Crippen molar-refractivity contribution in [3.8, 4) is 0 Å². The first-order valence-electron chi connectivity index (χ1n) is 16.7. The van der Waals surface area contributed by atoms with Gasteiger partial charge in [0, 0.05) is 25.4 Å². The van der Waals surface area contributed by atoms with Gasteiger partial charge in [0.25, 0.3) is 0 Å². The molecule has 41 heavy (non-hydrogen) atoms. The molecule has 4 saturated carbocycles. The van der Waals surface area contributed by atoms with Crippen molar-refractivity contribution in [1.29, 1.82) is 0 Å². The molecule has 0 bridgehead atoms. The standard InChI is InChI=1S/C36H60N2O3/c1-24(39)41-29-14-15-33(6)27(32(29,4)5)13-16-35(8)28(33)12-11-25-26-23-31(2,3)17-19-36(26,20-18-34(25,35)7)30(40)37-21-22-38(9)10/h11,26-29H,12-23H2,1-10H3,(H,37,40)/t26-,27?,28?,29-,33-,34?,35+,36-/m0/s1. The summed E-state index contributed by atoms with van der Waals surface area (Å²) in [6, 6.07) is 0. The van der Waals surface area contributed by atoms with Gasteiger partial charge in [-0.05, 0) is 118 Å². The lowest BCUT2D eigenvalue weighted by molar-refractivity contribution is -0.212. The Morgan fingerprint density at radius 3 is 2.27 bits per heavy atom. The zero-order chi connectivity index (χ0) is 30.2. The molecule has 8 atom stereocenters. The summed E-state index contributed by atoms with van der Waals surface area (Å²) in [6.07, 6.45) is 13.7. The van der Waals surface area contributed by atoms with E-state index in [1.54, 1.807) is 12.5 Å². The summed E-state index contributed by atoms with van der Waals surface area (Å²) in [5, 5.41) is 3.40. The SMILES string of the molecule is CC(=O)O[C@H]1CC[C@@]2(C)C(CC[C@]3(C)C2CC=C2[C@@H]4CC(C)(C)CC[C@]4(C(=O)NCCN(C)C)CCC23C)C1(C)C. The van der Waals surface area contributed by atoms with Gasteiger partial charge < -0.3 is 15.0 Å². The Labute approximate surface area is 251 Å². The number of allylic oxidation sites excluding steroid dienone is 2. The van der Waals surface area contributed by atoms with Crippen LogP contribution in [0.4, 0.5) is 0 Å². The van der Waals surface area contributed by atoms with Crippen molar-refractivity contribution in [3.05, 3.63) is 11.6 Å². The largest absolute Gasteiger partial charge is 0.462 e. The molecule has 0 heterocycles. The van der Waals surface area contributed by atoms with Crippen LogP contribution in [0.25, 0.3) is 0 Å². The summed E-state index contributed by atoms with van der Waals surface area (Å²) in [4.78, 5) is 28.2. The molecule has 5 aliphatic rings. The Kier molecular flexibility index (Phi) is 7.65. The number of hydrogen-bond acceptors (Lipinski definition) is 4. The maximum atomic E-state index is 14.1. The van der Waals surface area contributed by atoms with Gasteiger partial charge in [-0.15, -0.1) is 0 Å². The van der Waals surface area contributed by atoms with Crippen molar-refractivity contribution in [2.75, 3.05) is 27.2 Å². The predicted molar refractivity (Wildman–Crippen MR) is 166 cm³/mol. The lowest BCUT2D eigenvalue weighted by atomic mass is 9.33. The molecule has 0 aromatic heterocycles. The molecule has 0 spiro atoms. The number of hydrogen-bond donors (Lipinski definition) is 1. The predicted octanol–water partition coefficient (Wildman–Crippen LogP) is 7.40. The average molecular weight is 569 g/mol. The minimum atomic E-state index is -0.262. The molecule has 5 nitrogen and oxygen atoms in total. The van der Waals surface area contributed by atoms with E-state index in [0.29, 0.717) is 23.7 Å². The van der Waals surface area contributed by atoms with E-state index in [4.69, 9.17) is 4.74 Å². The first-order valence-corrected chi connectivity index (χ1v) is 16.7. The second-order valence-electron chi connectivity index (χ2n) is 17.4. The second kappa shape index (κ2) is 10.1. The molecule has 4 fully saturated rings. The van der Waals surface area contributed by atoms with Crippen LogP contribution in [0.3, 0.4) is 0 Å². The van der Waals surface area contributed by atoms with Gasteiger partial charge in [0.05, 0.1) is 5.41 Å². The van der Waals surface area contributed by atoms with Crippen LogP contribution in [-0.4, -0.2) is 50.1 Å². The van der Waals surface area contributed by atoms with Crippen LogP contribution in [0.2, 0.25) is 0 Å². The highest BCUT2D eigenvalue weighted by Gasteiger charge is 2.69. The zero-order valence-electron chi connectivity index (χ0n) is 28.0. The van der Waals surface area contributed by atoms with Crippen LogP contribution < -0.4 is 5.32 Å². The molecule has 0 radical (unpaired) electrons. The lowest BCUT2D eigenvalue weighted by Gasteiger charge is -2.71. The molecule has 1 amide bonds. The lowest BCUT2D eigenvalue weighted by Crippen LogP contribution is -2.65. The van der Waals surface area contributed by atoms with Crippen molar-refractivity contribution in [3.63, 3.8) is 0 Å². The Morgan fingerprint density at radius 2 is 1.61 bits per heavy atom. The van der Waals surface area contributed by atoms with Gasteiger partial charge in [0.15, 0.2) is 0 Å². The van der Waals surface area contributed by atoms with Gasteiger partial charge in [-0.2, -0.15) is 0 Å². The maximum absolute atomic E-state index is 14.1. The average Bonchev–Trinajstić information content (AvgIpc) is 2.85. The summed E-state index contributed by atoms with van der Waals surface area (Å²) in [7, 11) is 4.15. The molecular formula is C36H60N2O3. The van der Waals surface area contributed by atoms with Gasteiger partial charge in [-0.25, -0.2) is 0 Å². The van der Waals surface area contributed by atoms with Crippen molar-refractivity contribution in [2.24, 2.45) is 50.2 Å². The molecule has 5 rings (SSSR count). The minimum absolute atomic E-state index is 0.0125. The van der Waals surface area contributed by atoms with E-state index in [-0.39, 0.29) is 44.6 Å². The van der Waals surface area contributed by atoms with Crippen molar-refractivity contribution < 1.29 is 14.3 Å². The van der Waals surface area contributed by atoms with E-state index >= 15 is 0 Å². The van der Waals surface area contributed by atoms with Gasteiger partial charge in [0.1, 0.15) is 6.10 Å². The molecule has 5 heteroatoms. The number of ether oxygens (including phenoxy) is 1. The number of fused-ring (bicyclic) bond motifs is 7. The third-order valence-corrected chi connectivity index (χ3v) is 14.2. The minimum Gasteiger partial charge on any atom is -0.462 e. The van der Waals surface area contributed by atoms with E-state index in [1.165, 1.54) is 12.8 Å². The highest BCUT2D eigenvalue weighted by Crippen LogP contribution is 2.75. The van der Waals surface area contributed by atoms with Crippen molar-refractivity contribution in [1.82, 2.24) is 10.2 Å². The Bertz CT molecular complexity index is 1090. The second-order valence-corrected chi connectivity index (χ2v) is 17.4. The molecule has 0 aliphatic heterocycles. The first-order chi connectivity index (χ1) is 18.9. The van der Waals surface area contributed by atoms with Crippen LogP contribution in [-0.2, 0) is 14.3 Å². The van der Waals surface area contributed by atoms with E-state index < -0.39 is 0 Å². The molecule has 232 valence electrons. The maximum Gasteiger partial charge on any atom is 0.302 e. The first kappa shape index (κ1) is 31.1. The smallest absolute Gasteiger partial charge is 0.302 e. The van der Waals surface area contributed by atoms with Crippen LogP contribution >= 0.6 is 0 Å². The normalized spacial score (nSPS) is 44.4. The zero-order valence-corrected chi connectivity index (χ0v) is 28.0. The number of carbonyl (C=O) groups is 2. The van der Waals surface area contributed by atoms with Crippen LogP contribution in [0.15, 0.2) is 11.6 Å². The molecule has 0 aromatic carbocycles. The number of carbonyl (C=O) groups excluding carboxylic acids is 2. The topological polar surface area (TPSA) is 58.6 Å². The molecule has 0 aromatic rings. The molecular weight excluding hydrogens is 508 g/mol. The van der Waals surface area contributed by atoms with E-state index in [2.05, 4.69) is 78.9 Å². The molecule has 1 N–H and O–H groups in total. The number of likely N-dealkylation sites (N-methyl/N-ethyl adjacent to an activating group) is 1. The van der Waals surface area contributed by atoms with Gasteiger partial charge in [0.2, 0.25) is 5.91 Å². The van der Waals surface area contributed by atoms with E-state index in [9.17, 15) is 9.59 Å². The molecule has 3 unspecified atom stereocenters. The molecule has 0 saturated heterocycles. The third kappa shape index (κ3) is 4.65. The molecule has 5 aliphatic carbocycles. The fourth-order valence-corrected chi connectivity index (χ4v) is 11.6. The highest BCUT2D eigenvalue weighted by atomic mass is 16.5. The quantitative estimate of drug-likeness (QED) is 0.277. The number of esters is 1. The van der Waals surface area contributed by atoms with Gasteiger partial charge in [-0.1, -0.05) is 60.1 Å².